The van der Waals surface area contributed by atoms with Crippen LogP contribution in [0.25, 0.3) is 0 Å². The number of thioether (sulfide) groups is 1. The molecule has 5 nitrogen and oxygen atoms in total. The van der Waals surface area contributed by atoms with Crippen LogP contribution in [-0.2, 0) is 9.59 Å². The van der Waals surface area contributed by atoms with Crippen molar-refractivity contribution in [2.24, 2.45) is 5.92 Å². The smallest absolute Gasteiger partial charge is 0.236 e. The number of methoxy groups -OCH3 is 1. The Bertz CT molecular complexity index is 648. The molecule has 1 heterocycles. The van der Waals surface area contributed by atoms with Gasteiger partial charge in [0.25, 0.3) is 0 Å². The van der Waals surface area contributed by atoms with E-state index < -0.39 is 0 Å². The first kappa shape index (κ1) is 20.6. The Balaban J connectivity index is 2.21. The number of carbonyl (C=O) groups is 2. The third-order valence-electron chi connectivity index (χ3n) is 4.63. The molecule has 2 rings (SSSR count). The zero-order chi connectivity index (χ0) is 19.4. The minimum absolute atomic E-state index is 0.0509. The molecule has 0 radical (unpaired) electrons. The Morgan fingerprint density at radius 3 is 2.50 bits per heavy atom. The van der Waals surface area contributed by atoms with Crippen LogP contribution in [0.3, 0.4) is 0 Å². The zero-order valence-corrected chi connectivity index (χ0v) is 17.4. The van der Waals surface area contributed by atoms with E-state index in [-0.39, 0.29) is 34.4 Å². The van der Waals surface area contributed by atoms with E-state index in [1.807, 2.05) is 68.7 Å². The summed E-state index contributed by atoms with van der Waals surface area (Å²) >= 11 is 1.63. The Kier molecular flexibility index (Phi) is 6.98. The molecule has 26 heavy (non-hydrogen) atoms. The first-order valence-electron chi connectivity index (χ1n) is 9.17. The zero-order valence-electron chi connectivity index (χ0n) is 16.6. The van der Waals surface area contributed by atoms with Crippen molar-refractivity contribution in [3.63, 3.8) is 0 Å². The molecule has 144 valence electrons. The third kappa shape index (κ3) is 4.34. The molecule has 6 heteroatoms. The summed E-state index contributed by atoms with van der Waals surface area (Å²) in [4.78, 5) is 29.0. The van der Waals surface area contributed by atoms with Gasteiger partial charge in [0, 0.05) is 30.6 Å². The Morgan fingerprint density at radius 2 is 1.92 bits per heavy atom. The van der Waals surface area contributed by atoms with Gasteiger partial charge >= 0.3 is 0 Å². The monoisotopic (exact) mass is 378 g/mol. The highest BCUT2D eigenvalue weighted by Gasteiger charge is 2.39. The fourth-order valence-electron chi connectivity index (χ4n) is 3.18. The van der Waals surface area contributed by atoms with Gasteiger partial charge in [0.1, 0.15) is 11.1 Å². The van der Waals surface area contributed by atoms with Crippen molar-refractivity contribution in [3.05, 3.63) is 29.8 Å². The number of hydrogen-bond donors (Lipinski definition) is 0. The van der Waals surface area contributed by atoms with Crippen molar-refractivity contribution in [3.8, 4) is 5.75 Å². The largest absolute Gasteiger partial charge is 0.496 e. The molecule has 1 aliphatic heterocycles. The molecule has 0 N–H and O–H groups in total. The molecule has 2 unspecified atom stereocenters. The minimum Gasteiger partial charge on any atom is -0.496 e. The summed E-state index contributed by atoms with van der Waals surface area (Å²) in [6.07, 6.45) is 0. The van der Waals surface area contributed by atoms with E-state index in [0.717, 1.165) is 11.3 Å². The highest BCUT2D eigenvalue weighted by molar-refractivity contribution is 8.01. The molecule has 0 spiro atoms. The Labute approximate surface area is 161 Å². The summed E-state index contributed by atoms with van der Waals surface area (Å²) in [6, 6.07) is 7.93. The van der Waals surface area contributed by atoms with Gasteiger partial charge in [0.05, 0.1) is 12.4 Å². The van der Waals surface area contributed by atoms with Crippen LogP contribution in [0.4, 0.5) is 0 Å². The van der Waals surface area contributed by atoms with Crippen LogP contribution in [0.2, 0.25) is 0 Å². The van der Waals surface area contributed by atoms with Gasteiger partial charge in [-0.15, -0.1) is 11.8 Å². The van der Waals surface area contributed by atoms with E-state index >= 15 is 0 Å². The van der Waals surface area contributed by atoms with Crippen LogP contribution in [0.5, 0.6) is 5.75 Å². The molecule has 1 aromatic rings. The van der Waals surface area contributed by atoms with Crippen molar-refractivity contribution >= 4 is 23.6 Å². The van der Waals surface area contributed by atoms with Gasteiger partial charge in [0.2, 0.25) is 11.8 Å². The van der Waals surface area contributed by atoms with Crippen molar-refractivity contribution in [1.82, 2.24) is 9.80 Å². The summed E-state index contributed by atoms with van der Waals surface area (Å²) < 4.78 is 5.49. The second kappa shape index (κ2) is 8.80. The molecule has 1 aliphatic rings. The lowest BCUT2D eigenvalue weighted by Crippen LogP contribution is -2.45. The highest BCUT2D eigenvalue weighted by atomic mass is 32.2. The number of para-hydroxylation sites is 1. The third-order valence-corrected chi connectivity index (χ3v) is 6.01. The van der Waals surface area contributed by atoms with Gasteiger partial charge < -0.3 is 14.5 Å². The fourth-order valence-corrected chi connectivity index (χ4v) is 4.52. The van der Waals surface area contributed by atoms with Gasteiger partial charge in [0.15, 0.2) is 0 Å². The van der Waals surface area contributed by atoms with E-state index in [0.29, 0.717) is 13.1 Å². The maximum Gasteiger partial charge on any atom is 0.236 e. The second-order valence-electron chi connectivity index (χ2n) is 7.18. The molecule has 1 aromatic carbocycles. The van der Waals surface area contributed by atoms with Crippen molar-refractivity contribution in [2.45, 2.75) is 51.3 Å². The van der Waals surface area contributed by atoms with Crippen molar-refractivity contribution in [1.29, 1.82) is 0 Å². The number of hydrogen-bond acceptors (Lipinski definition) is 4. The molecule has 0 aromatic heterocycles. The van der Waals surface area contributed by atoms with Gasteiger partial charge in [-0.1, -0.05) is 32.0 Å². The molecule has 0 saturated carbocycles. The molecule has 2 amide bonds. The molecular weight excluding hydrogens is 348 g/mol. The molecule has 0 bridgehead atoms. The lowest BCUT2D eigenvalue weighted by molar-refractivity contribution is -0.138. The van der Waals surface area contributed by atoms with E-state index in [9.17, 15) is 9.59 Å². The summed E-state index contributed by atoms with van der Waals surface area (Å²) in [5.74, 6) is 0.980. The number of carbonyl (C=O) groups excluding carboxylic acids is 2. The summed E-state index contributed by atoms with van der Waals surface area (Å²) in [5.41, 5.74) is 1.00. The van der Waals surface area contributed by atoms with Gasteiger partial charge in [-0.05, 0) is 26.8 Å². The second-order valence-corrected chi connectivity index (χ2v) is 8.61. The van der Waals surface area contributed by atoms with Crippen LogP contribution < -0.4 is 4.74 Å². The predicted molar refractivity (Wildman–Crippen MR) is 106 cm³/mol. The normalized spacial score (nSPS) is 20.2. The van der Waals surface area contributed by atoms with E-state index in [2.05, 4.69) is 0 Å². The molecule has 2 atom stereocenters. The van der Waals surface area contributed by atoms with E-state index in [1.54, 1.807) is 18.9 Å². The van der Waals surface area contributed by atoms with E-state index in [1.165, 1.54) is 0 Å². The van der Waals surface area contributed by atoms with Crippen LogP contribution in [-0.4, -0.2) is 53.1 Å². The average molecular weight is 379 g/mol. The standard InChI is InChI=1S/C20H30N2O3S/c1-13(2)18(23)21(14(3)4)11-12-22-19(24)15(5)26-20(22)16-9-7-8-10-17(16)25-6/h7-10,13-15,20H,11-12H2,1-6H3. The molecule has 1 fully saturated rings. The maximum atomic E-state index is 12.7. The quantitative estimate of drug-likeness (QED) is 0.728. The Morgan fingerprint density at radius 1 is 1.27 bits per heavy atom. The number of ether oxygens (including phenoxy) is 1. The topological polar surface area (TPSA) is 49.9 Å². The van der Waals surface area contributed by atoms with Crippen molar-refractivity contribution < 1.29 is 14.3 Å². The lowest BCUT2D eigenvalue weighted by Gasteiger charge is -2.32. The van der Waals surface area contributed by atoms with E-state index in [4.69, 9.17) is 4.74 Å². The number of amides is 2. The summed E-state index contributed by atoms with van der Waals surface area (Å²) in [6.45, 7) is 10.9. The van der Waals surface area contributed by atoms with Crippen molar-refractivity contribution in [2.75, 3.05) is 20.2 Å². The van der Waals surface area contributed by atoms with Crippen LogP contribution in [0, 0.1) is 5.92 Å². The fraction of sp³-hybridized carbons (Fsp3) is 0.600. The molecular formula is C20H30N2O3S. The number of rotatable bonds is 7. The SMILES string of the molecule is COc1ccccc1C1SC(C)C(=O)N1CCN(C(=O)C(C)C)C(C)C. The summed E-state index contributed by atoms with van der Waals surface area (Å²) in [5, 5.41) is -0.185. The maximum absolute atomic E-state index is 12.7. The molecule has 0 aliphatic carbocycles. The lowest BCUT2D eigenvalue weighted by atomic mass is 10.1. The Hall–Kier alpha value is -1.69. The highest BCUT2D eigenvalue weighted by Crippen LogP contribution is 2.45. The summed E-state index contributed by atoms with van der Waals surface area (Å²) in [7, 11) is 1.65. The van der Waals surface area contributed by atoms with Gasteiger partial charge in [-0.3, -0.25) is 9.59 Å². The van der Waals surface area contributed by atoms with Crippen LogP contribution >= 0.6 is 11.8 Å². The first-order valence-corrected chi connectivity index (χ1v) is 10.1. The first-order chi connectivity index (χ1) is 12.3. The van der Waals surface area contributed by atoms with Gasteiger partial charge in [-0.2, -0.15) is 0 Å². The van der Waals surface area contributed by atoms with Crippen LogP contribution in [0.1, 0.15) is 45.6 Å². The number of benzene rings is 1. The van der Waals surface area contributed by atoms with Crippen LogP contribution in [0.15, 0.2) is 24.3 Å². The number of nitrogens with zero attached hydrogens (tertiary/aromatic N) is 2. The van der Waals surface area contributed by atoms with Gasteiger partial charge in [-0.25, -0.2) is 0 Å². The minimum atomic E-state index is -0.0989. The predicted octanol–water partition coefficient (Wildman–Crippen LogP) is 3.55. The molecule has 1 saturated heterocycles. The average Bonchev–Trinajstić information content (AvgIpc) is 2.89.